The summed E-state index contributed by atoms with van der Waals surface area (Å²) in [4.78, 5) is 11.4. The van der Waals surface area contributed by atoms with Crippen LogP contribution >= 0.6 is 0 Å². The van der Waals surface area contributed by atoms with Crippen molar-refractivity contribution in [1.29, 1.82) is 0 Å². The minimum Gasteiger partial charge on any atom is -0.389 e. The Balaban J connectivity index is 1.43. The Hall–Kier alpha value is -0.650. The van der Waals surface area contributed by atoms with Crippen molar-refractivity contribution in [3.63, 3.8) is 0 Å². The average molecular weight is 298 g/mol. The molecule has 0 radical (unpaired) electrons. The molecule has 0 aromatic rings. The summed E-state index contributed by atoms with van der Waals surface area (Å²) in [5.74, 6) is 1.18. The molecule has 0 saturated heterocycles. The lowest BCUT2D eigenvalue weighted by atomic mass is 9.89. The first-order valence-electron chi connectivity index (χ1n) is 8.43. The van der Waals surface area contributed by atoms with E-state index in [4.69, 9.17) is 4.74 Å². The van der Waals surface area contributed by atoms with E-state index in [1.165, 1.54) is 12.8 Å². The smallest absolute Gasteiger partial charge is 0.223 e. The van der Waals surface area contributed by atoms with Crippen molar-refractivity contribution in [3.8, 4) is 0 Å². The number of aliphatic hydroxyl groups excluding tert-OH is 1. The Bertz CT molecular complexity index is 321. The molecule has 5 nitrogen and oxygen atoms in total. The van der Waals surface area contributed by atoms with Gasteiger partial charge in [-0.2, -0.15) is 0 Å². The van der Waals surface area contributed by atoms with Gasteiger partial charge in [0.1, 0.15) is 0 Å². The van der Waals surface area contributed by atoms with Crippen molar-refractivity contribution < 1.29 is 14.6 Å². The maximum Gasteiger partial charge on any atom is 0.223 e. The highest BCUT2D eigenvalue weighted by molar-refractivity contribution is 5.80. The monoisotopic (exact) mass is 298 g/mol. The number of nitrogens with one attached hydrogen (secondary N) is 2. The van der Waals surface area contributed by atoms with Crippen LogP contribution in [0.5, 0.6) is 0 Å². The van der Waals surface area contributed by atoms with E-state index in [9.17, 15) is 9.90 Å². The van der Waals surface area contributed by atoms with Gasteiger partial charge in [-0.15, -0.1) is 0 Å². The maximum atomic E-state index is 11.4. The van der Waals surface area contributed by atoms with Crippen molar-refractivity contribution in [2.45, 2.75) is 57.7 Å². The van der Waals surface area contributed by atoms with Crippen LogP contribution in [0, 0.1) is 11.8 Å². The molecule has 3 atom stereocenters. The molecule has 0 bridgehead atoms. The number of hydrogen-bond acceptors (Lipinski definition) is 4. The fourth-order valence-corrected chi connectivity index (χ4v) is 2.87. The fourth-order valence-electron chi connectivity index (χ4n) is 2.87. The molecule has 0 spiro atoms. The van der Waals surface area contributed by atoms with Gasteiger partial charge in [0.15, 0.2) is 0 Å². The molecule has 0 aliphatic heterocycles. The highest BCUT2D eigenvalue weighted by Gasteiger charge is 2.28. The van der Waals surface area contributed by atoms with E-state index in [0.717, 1.165) is 31.6 Å². The second-order valence-electron chi connectivity index (χ2n) is 6.65. The highest BCUT2D eigenvalue weighted by Crippen LogP contribution is 2.28. The molecule has 0 aromatic carbocycles. The normalized spacial score (nSPS) is 27.3. The SMILES string of the molecule is CC1CCCC(OCC(O)CNCCNC(=O)C2CC2)C1. The molecule has 2 aliphatic rings. The summed E-state index contributed by atoms with van der Waals surface area (Å²) in [5, 5.41) is 15.9. The van der Waals surface area contributed by atoms with E-state index >= 15 is 0 Å². The zero-order valence-corrected chi connectivity index (χ0v) is 13.1. The van der Waals surface area contributed by atoms with Crippen molar-refractivity contribution >= 4 is 5.91 Å². The average Bonchev–Trinajstić information content (AvgIpc) is 3.29. The predicted octanol–water partition coefficient (Wildman–Crippen LogP) is 1.06. The molecule has 21 heavy (non-hydrogen) atoms. The van der Waals surface area contributed by atoms with E-state index < -0.39 is 6.10 Å². The Morgan fingerprint density at radius 2 is 2.10 bits per heavy atom. The van der Waals surface area contributed by atoms with Crippen LogP contribution < -0.4 is 10.6 Å². The first kappa shape index (κ1) is 16.7. The van der Waals surface area contributed by atoms with Gasteiger partial charge < -0.3 is 20.5 Å². The van der Waals surface area contributed by atoms with Crippen molar-refractivity contribution in [1.82, 2.24) is 10.6 Å². The number of rotatable bonds is 9. The van der Waals surface area contributed by atoms with Crippen LogP contribution in [0.15, 0.2) is 0 Å². The van der Waals surface area contributed by atoms with Crippen LogP contribution in [0.3, 0.4) is 0 Å². The minimum atomic E-state index is -0.471. The number of hydrogen-bond donors (Lipinski definition) is 3. The molecule has 5 heteroatoms. The number of ether oxygens (including phenoxy) is 1. The van der Waals surface area contributed by atoms with Crippen LogP contribution in [0.25, 0.3) is 0 Å². The van der Waals surface area contributed by atoms with Crippen LogP contribution in [-0.2, 0) is 9.53 Å². The lowest BCUT2D eigenvalue weighted by molar-refractivity contribution is -0.122. The zero-order valence-electron chi connectivity index (χ0n) is 13.1. The maximum absolute atomic E-state index is 11.4. The molecule has 2 rings (SSSR count). The third-order valence-electron chi connectivity index (χ3n) is 4.34. The van der Waals surface area contributed by atoms with Gasteiger partial charge in [-0.3, -0.25) is 4.79 Å². The molecular formula is C16H30N2O3. The Morgan fingerprint density at radius 1 is 1.29 bits per heavy atom. The van der Waals surface area contributed by atoms with E-state index in [1.807, 2.05) is 0 Å². The zero-order chi connectivity index (χ0) is 15.1. The van der Waals surface area contributed by atoms with Crippen LogP contribution in [0.4, 0.5) is 0 Å². The minimum absolute atomic E-state index is 0.173. The van der Waals surface area contributed by atoms with Crippen molar-refractivity contribution in [2.75, 3.05) is 26.2 Å². The molecule has 2 aliphatic carbocycles. The molecule has 1 amide bonds. The van der Waals surface area contributed by atoms with Crippen LogP contribution in [-0.4, -0.2) is 49.5 Å². The highest BCUT2D eigenvalue weighted by atomic mass is 16.5. The van der Waals surface area contributed by atoms with E-state index in [2.05, 4.69) is 17.6 Å². The second-order valence-corrected chi connectivity index (χ2v) is 6.65. The summed E-state index contributed by atoms with van der Waals surface area (Å²) in [6, 6.07) is 0. The van der Waals surface area contributed by atoms with Gasteiger partial charge in [-0.25, -0.2) is 0 Å². The van der Waals surface area contributed by atoms with Gasteiger partial charge in [-0.1, -0.05) is 19.8 Å². The molecule has 3 unspecified atom stereocenters. The lowest BCUT2D eigenvalue weighted by Crippen LogP contribution is -2.37. The summed E-state index contributed by atoms with van der Waals surface area (Å²) < 4.78 is 5.79. The summed E-state index contributed by atoms with van der Waals surface area (Å²) >= 11 is 0. The van der Waals surface area contributed by atoms with Gasteiger partial charge in [0, 0.05) is 25.6 Å². The van der Waals surface area contributed by atoms with Gasteiger partial charge in [0.05, 0.1) is 18.8 Å². The Morgan fingerprint density at radius 3 is 2.81 bits per heavy atom. The van der Waals surface area contributed by atoms with Gasteiger partial charge in [0.25, 0.3) is 0 Å². The van der Waals surface area contributed by atoms with Gasteiger partial charge >= 0.3 is 0 Å². The lowest BCUT2D eigenvalue weighted by Gasteiger charge is -2.27. The van der Waals surface area contributed by atoms with Crippen molar-refractivity contribution in [3.05, 3.63) is 0 Å². The number of aliphatic hydroxyl groups is 1. The van der Waals surface area contributed by atoms with Crippen LogP contribution in [0.2, 0.25) is 0 Å². The Kier molecular flexibility index (Phi) is 6.93. The molecule has 3 N–H and O–H groups in total. The summed E-state index contributed by atoms with van der Waals surface area (Å²) in [6.07, 6.45) is 6.70. The van der Waals surface area contributed by atoms with E-state index in [1.54, 1.807) is 0 Å². The predicted molar refractivity (Wildman–Crippen MR) is 82.0 cm³/mol. The van der Waals surface area contributed by atoms with Crippen molar-refractivity contribution in [2.24, 2.45) is 11.8 Å². The summed E-state index contributed by atoms with van der Waals surface area (Å²) in [5.41, 5.74) is 0. The first-order valence-corrected chi connectivity index (χ1v) is 8.43. The molecule has 2 saturated carbocycles. The van der Waals surface area contributed by atoms with Gasteiger partial charge in [-0.05, 0) is 31.6 Å². The first-order chi connectivity index (χ1) is 10.1. The molecule has 122 valence electrons. The number of carbonyl (C=O) groups is 1. The molecular weight excluding hydrogens is 268 g/mol. The topological polar surface area (TPSA) is 70.6 Å². The molecule has 2 fully saturated rings. The second kappa shape index (κ2) is 8.71. The van der Waals surface area contributed by atoms with E-state index in [0.29, 0.717) is 32.3 Å². The number of amides is 1. The summed E-state index contributed by atoms with van der Waals surface area (Å²) in [7, 11) is 0. The third kappa shape index (κ3) is 6.76. The standard InChI is InChI=1S/C16H30N2O3/c1-12-3-2-4-15(9-12)21-11-14(19)10-17-7-8-18-16(20)13-5-6-13/h12-15,17,19H,2-11H2,1H3,(H,18,20). The largest absolute Gasteiger partial charge is 0.389 e. The fraction of sp³-hybridized carbons (Fsp3) is 0.938. The molecule has 0 heterocycles. The van der Waals surface area contributed by atoms with E-state index in [-0.39, 0.29) is 11.8 Å². The Labute approximate surface area is 127 Å². The third-order valence-corrected chi connectivity index (χ3v) is 4.34. The summed E-state index contributed by atoms with van der Waals surface area (Å²) in [6.45, 7) is 4.50. The number of carbonyl (C=O) groups excluding carboxylic acids is 1. The molecule has 0 aromatic heterocycles. The van der Waals surface area contributed by atoms with Crippen LogP contribution in [0.1, 0.15) is 45.4 Å². The quantitative estimate of drug-likeness (QED) is 0.557. The van der Waals surface area contributed by atoms with Gasteiger partial charge in [0.2, 0.25) is 5.91 Å².